The minimum absolute atomic E-state index is 0.0297. The number of ether oxygens (including phenoxy) is 2. The Morgan fingerprint density at radius 3 is 1.72 bits per heavy atom. The summed E-state index contributed by atoms with van der Waals surface area (Å²) < 4.78 is 10.5. The van der Waals surface area contributed by atoms with Crippen molar-refractivity contribution in [2.24, 2.45) is 0 Å². The third-order valence-electron chi connectivity index (χ3n) is 3.19. The van der Waals surface area contributed by atoms with Crippen LogP contribution in [0, 0.1) is 0 Å². The van der Waals surface area contributed by atoms with Crippen LogP contribution in [0.1, 0.15) is 62.5 Å². The van der Waals surface area contributed by atoms with Crippen molar-refractivity contribution >= 4 is 23.9 Å². The molecule has 0 spiro atoms. The number of esters is 1. The van der Waals surface area contributed by atoms with Gasteiger partial charge in [0.15, 0.2) is 0 Å². The molecule has 1 rings (SSSR count). The van der Waals surface area contributed by atoms with Crippen molar-refractivity contribution in [2.75, 3.05) is 20.3 Å². The highest BCUT2D eigenvalue weighted by Crippen LogP contribution is 2.31. The Morgan fingerprint density at radius 1 is 0.880 bits per heavy atom. The predicted octanol–water partition coefficient (Wildman–Crippen LogP) is 1.14. The SMILES string of the molecule is COCCOC(=O)c1c(C(=O)O)c(C(=O)O)c(C(=O)O)n1C(C)(C)C. The number of carbonyl (C=O) groups is 4. The second-order valence-corrected chi connectivity index (χ2v) is 6.00. The summed E-state index contributed by atoms with van der Waals surface area (Å²) in [5, 5.41) is 28.2. The van der Waals surface area contributed by atoms with Crippen LogP contribution in [0.3, 0.4) is 0 Å². The molecular formula is C15H19NO9. The number of aromatic nitrogens is 1. The summed E-state index contributed by atoms with van der Waals surface area (Å²) >= 11 is 0. The number of carbonyl (C=O) groups excluding carboxylic acids is 1. The molecule has 0 bridgehead atoms. The van der Waals surface area contributed by atoms with E-state index in [0.29, 0.717) is 0 Å². The van der Waals surface area contributed by atoms with Crippen molar-refractivity contribution in [1.82, 2.24) is 4.57 Å². The first kappa shape index (κ1) is 20.2. The number of hydrogen-bond acceptors (Lipinski definition) is 6. The summed E-state index contributed by atoms with van der Waals surface area (Å²) in [6, 6.07) is 0. The Morgan fingerprint density at radius 2 is 1.36 bits per heavy atom. The molecule has 10 heteroatoms. The number of nitrogens with zero attached hydrogens (tertiary/aromatic N) is 1. The van der Waals surface area contributed by atoms with Crippen LogP contribution in [-0.2, 0) is 15.0 Å². The van der Waals surface area contributed by atoms with Crippen LogP contribution in [-0.4, -0.2) is 64.1 Å². The number of carboxylic acids is 3. The highest BCUT2D eigenvalue weighted by molar-refractivity contribution is 6.14. The molecule has 1 aromatic heterocycles. The highest BCUT2D eigenvalue weighted by atomic mass is 16.6. The summed E-state index contributed by atoms with van der Waals surface area (Å²) in [7, 11) is 1.36. The largest absolute Gasteiger partial charge is 0.478 e. The molecule has 0 saturated heterocycles. The molecule has 25 heavy (non-hydrogen) atoms. The molecule has 3 N–H and O–H groups in total. The zero-order chi connectivity index (χ0) is 19.5. The van der Waals surface area contributed by atoms with Gasteiger partial charge in [0, 0.05) is 12.6 Å². The zero-order valence-corrected chi connectivity index (χ0v) is 14.2. The molecule has 138 valence electrons. The van der Waals surface area contributed by atoms with E-state index < -0.39 is 51.9 Å². The summed E-state index contributed by atoms with van der Waals surface area (Å²) in [6.45, 7) is 4.32. The van der Waals surface area contributed by atoms with Gasteiger partial charge in [0.2, 0.25) is 0 Å². The van der Waals surface area contributed by atoms with Crippen LogP contribution < -0.4 is 0 Å². The van der Waals surface area contributed by atoms with Gasteiger partial charge in [0.1, 0.15) is 29.1 Å². The Kier molecular flexibility index (Phi) is 5.92. The molecule has 0 unspecified atom stereocenters. The van der Waals surface area contributed by atoms with Crippen molar-refractivity contribution in [3.8, 4) is 0 Å². The first-order valence-electron chi connectivity index (χ1n) is 7.10. The van der Waals surface area contributed by atoms with Crippen molar-refractivity contribution in [2.45, 2.75) is 26.3 Å². The van der Waals surface area contributed by atoms with Crippen molar-refractivity contribution in [1.29, 1.82) is 0 Å². The van der Waals surface area contributed by atoms with Gasteiger partial charge >= 0.3 is 23.9 Å². The molecule has 0 fully saturated rings. The number of methoxy groups -OCH3 is 1. The van der Waals surface area contributed by atoms with Gasteiger partial charge in [0.25, 0.3) is 0 Å². The minimum atomic E-state index is -1.77. The maximum Gasteiger partial charge on any atom is 0.356 e. The topological polar surface area (TPSA) is 152 Å². The summed E-state index contributed by atoms with van der Waals surface area (Å²) in [6.07, 6.45) is 0. The first-order chi connectivity index (χ1) is 11.4. The fourth-order valence-corrected chi connectivity index (χ4v) is 2.34. The van der Waals surface area contributed by atoms with Crippen LogP contribution >= 0.6 is 0 Å². The van der Waals surface area contributed by atoms with Gasteiger partial charge in [-0.15, -0.1) is 0 Å². The van der Waals surface area contributed by atoms with Gasteiger partial charge in [0.05, 0.1) is 6.61 Å². The zero-order valence-electron chi connectivity index (χ0n) is 14.2. The van der Waals surface area contributed by atoms with Crippen LogP contribution in [0.25, 0.3) is 0 Å². The van der Waals surface area contributed by atoms with Crippen molar-refractivity contribution < 1.29 is 44.0 Å². The fraction of sp³-hybridized carbons (Fsp3) is 0.467. The molecule has 1 heterocycles. The number of hydrogen-bond donors (Lipinski definition) is 3. The molecule has 10 nitrogen and oxygen atoms in total. The van der Waals surface area contributed by atoms with Gasteiger partial charge in [-0.25, -0.2) is 19.2 Å². The van der Waals surface area contributed by atoms with E-state index in [9.17, 15) is 34.5 Å². The lowest BCUT2D eigenvalue weighted by molar-refractivity contribution is 0.0363. The summed E-state index contributed by atoms with van der Waals surface area (Å²) in [5.41, 5.74) is -4.47. The molecule has 0 atom stereocenters. The van der Waals surface area contributed by atoms with Gasteiger partial charge < -0.3 is 29.4 Å². The smallest absolute Gasteiger partial charge is 0.356 e. The maximum atomic E-state index is 12.4. The van der Waals surface area contributed by atoms with Gasteiger partial charge in [-0.1, -0.05) is 0 Å². The summed E-state index contributed by atoms with van der Waals surface area (Å²) in [4.78, 5) is 47.1. The molecular weight excluding hydrogens is 338 g/mol. The Bertz CT molecular complexity index is 724. The van der Waals surface area contributed by atoms with Gasteiger partial charge in [-0.2, -0.15) is 0 Å². The normalized spacial score (nSPS) is 11.2. The molecule has 0 saturated carbocycles. The van der Waals surface area contributed by atoms with Crippen LogP contribution in [0.4, 0.5) is 0 Å². The van der Waals surface area contributed by atoms with E-state index in [4.69, 9.17) is 9.47 Å². The lowest BCUT2D eigenvalue weighted by Gasteiger charge is -2.25. The molecule has 0 amide bonds. The fourth-order valence-electron chi connectivity index (χ4n) is 2.34. The Hall–Kier alpha value is -2.88. The summed E-state index contributed by atoms with van der Waals surface area (Å²) in [5.74, 6) is -6.35. The third-order valence-corrected chi connectivity index (χ3v) is 3.19. The van der Waals surface area contributed by atoms with Gasteiger partial charge in [-0.05, 0) is 20.8 Å². The average Bonchev–Trinajstić information content (AvgIpc) is 2.83. The number of aromatic carboxylic acids is 3. The average molecular weight is 357 g/mol. The van der Waals surface area contributed by atoms with E-state index in [1.807, 2.05) is 0 Å². The molecule has 0 radical (unpaired) electrons. The van der Waals surface area contributed by atoms with Crippen molar-refractivity contribution in [3.05, 3.63) is 22.5 Å². The number of carboxylic acid groups (broad SMARTS) is 3. The molecule has 0 aliphatic rings. The predicted molar refractivity (Wildman–Crippen MR) is 82.5 cm³/mol. The van der Waals surface area contributed by atoms with Gasteiger partial charge in [-0.3, -0.25) is 0 Å². The molecule has 0 aliphatic heterocycles. The Labute approximate surface area is 142 Å². The third kappa shape index (κ3) is 3.97. The van der Waals surface area contributed by atoms with E-state index in [2.05, 4.69) is 0 Å². The quantitative estimate of drug-likeness (QED) is 0.481. The van der Waals surface area contributed by atoms with E-state index >= 15 is 0 Å². The molecule has 0 aromatic carbocycles. The lowest BCUT2D eigenvalue weighted by Crippen LogP contribution is -2.31. The maximum absolute atomic E-state index is 12.4. The number of rotatable bonds is 7. The second kappa shape index (κ2) is 7.34. The van der Waals surface area contributed by atoms with Crippen LogP contribution in [0.2, 0.25) is 0 Å². The van der Waals surface area contributed by atoms with Crippen molar-refractivity contribution in [3.63, 3.8) is 0 Å². The second-order valence-electron chi connectivity index (χ2n) is 6.00. The minimum Gasteiger partial charge on any atom is -0.478 e. The highest BCUT2D eigenvalue weighted by Gasteiger charge is 2.40. The monoisotopic (exact) mass is 357 g/mol. The first-order valence-corrected chi connectivity index (χ1v) is 7.10. The Balaban J connectivity index is 3.86. The molecule has 0 aliphatic carbocycles. The van der Waals surface area contributed by atoms with Crippen LogP contribution in [0.15, 0.2) is 0 Å². The van der Waals surface area contributed by atoms with E-state index in [0.717, 1.165) is 4.57 Å². The van der Waals surface area contributed by atoms with E-state index in [1.54, 1.807) is 0 Å². The van der Waals surface area contributed by atoms with E-state index in [-0.39, 0.29) is 13.2 Å². The lowest BCUT2D eigenvalue weighted by atomic mass is 10.1. The molecule has 1 aromatic rings. The standard InChI is InChI=1S/C15H19NO9/c1-15(2,3)16-9(13(21)22)7(11(17)18)8(12(19)20)10(16)14(23)25-6-5-24-4/h5-6H2,1-4H3,(H,17,18)(H,19,20)(H,21,22). The van der Waals surface area contributed by atoms with E-state index in [1.165, 1.54) is 27.9 Å². The van der Waals surface area contributed by atoms with Crippen LogP contribution in [0.5, 0.6) is 0 Å².